The molecule has 0 bridgehead atoms. The van der Waals surface area contributed by atoms with E-state index in [1.54, 1.807) is 0 Å². The molecule has 0 aromatic heterocycles. The molecule has 0 unspecified atom stereocenters. The largest absolute Gasteiger partial charge is 0.677 e. The fourth-order valence-corrected chi connectivity index (χ4v) is 2.53. The third-order valence-corrected chi connectivity index (χ3v) is 3.37. The smallest absolute Gasteiger partial charge is 0.000439 e. The van der Waals surface area contributed by atoms with Gasteiger partial charge < -0.3 is 10.6 Å². The molecule has 0 amide bonds. The zero-order valence-electron chi connectivity index (χ0n) is 11.0. The van der Waals surface area contributed by atoms with Crippen LogP contribution in [0.3, 0.4) is 0 Å². The van der Waals surface area contributed by atoms with Gasteiger partial charge in [0, 0.05) is 39.3 Å². The van der Waals surface area contributed by atoms with Gasteiger partial charge in [-0.05, 0) is 37.8 Å². The Morgan fingerprint density at radius 1 is 1.19 bits per heavy atom. The summed E-state index contributed by atoms with van der Waals surface area (Å²) < 4.78 is 0. The van der Waals surface area contributed by atoms with Crippen LogP contribution in [-0.2, 0) is 32.7 Å². The first-order valence-corrected chi connectivity index (χ1v) is 6.59. The first kappa shape index (κ1) is 17.0. The second-order valence-corrected chi connectivity index (χ2v) is 5.38. The van der Waals surface area contributed by atoms with Gasteiger partial charge in [0.05, 0.1) is 0 Å². The Morgan fingerprint density at radius 3 is 2.31 bits per heavy atom. The van der Waals surface area contributed by atoms with Gasteiger partial charge in [-0.1, -0.05) is 33.1 Å². The van der Waals surface area contributed by atoms with Crippen molar-refractivity contribution in [2.75, 3.05) is 26.2 Å². The first-order valence-electron chi connectivity index (χ1n) is 6.59. The van der Waals surface area contributed by atoms with Crippen molar-refractivity contribution in [3.63, 3.8) is 0 Å². The topological polar surface area (TPSA) is 27.0 Å². The van der Waals surface area contributed by atoms with E-state index in [4.69, 9.17) is 5.73 Å². The second-order valence-electron chi connectivity index (χ2n) is 5.38. The van der Waals surface area contributed by atoms with Crippen LogP contribution in [0.25, 0.3) is 5.73 Å². The molecule has 1 aliphatic rings. The quantitative estimate of drug-likeness (QED) is 0.689. The summed E-state index contributed by atoms with van der Waals surface area (Å²) in [5.41, 5.74) is 7.12. The van der Waals surface area contributed by atoms with Crippen molar-refractivity contribution < 1.29 is 32.7 Å². The summed E-state index contributed by atoms with van der Waals surface area (Å²) in [6, 6.07) is 0. The van der Waals surface area contributed by atoms with Crippen molar-refractivity contribution >= 4 is 0 Å². The summed E-state index contributed by atoms with van der Waals surface area (Å²) in [4.78, 5) is 2.62. The average Bonchev–Trinajstić information content (AvgIpc) is 2.20. The molecular formula is C13H27N2Y-. The molecule has 0 saturated carbocycles. The summed E-state index contributed by atoms with van der Waals surface area (Å²) >= 11 is 0. The van der Waals surface area contributed by atoms with Crippen LogP contribution in [0.1, 0.15) is 46.0 Å². The molecule has 1 N–H and O–H groups in total. The number of nitrogens with one attached hydrogen (secondary N) is 1. The van der Waals surface area contributed by atoms with Gasteiger partial charge in [-0.2, -0.15) is 6.54 Å². The van der Waals surface area contributed by atoms with E-state index in [0.717, 1.165) is 18.3 Å². The Balaban J connectivity index is 0.00000225. The molecule has 1 radical (unpaired) electrons. The summed E-state index contributed by atoms with van der Waals surface area (Å²) in [5.74, 6) is 1.77. The molecule has 0 atom stereocenters. The molecule has 16 heavy (non-hydrogen) atoms. The van der Waals surface area contributed by atoms with E-state index in [0.29, 0.717) is 6.54 Å². The minimum atomic E-state index is 0. The predicted octanol–water partition coefficient (Wildman–Crippen LogP) is 3.57. The van der Waals surface area contributed by atoms with Gasteiger partial charge in [-0.25, -0.2) is 0 Å². The number of hydrogen-bond donors (Lipinski definition) is 0. The van der Waals surface area contributed by atoms with Crippen molar-refractivity contribution in [3.8, 4) is 0 Å². The van der Waals surface area contributed by atoms with Gasteiger partial charge >= 0.3 is 0 Å². The Bertz CT molecular complexity index is 154. The molecule has 1 heterocycles. The zero-order valence-corrected chi connectivity index (χ0v) is 13.9. The van der Waals surface area contributed by atoms with Crippen molar-refractivity contribution in [3.05, 3.63) is 5.73 Å². The molecule has 3 heteroatoms. The number of unbranched alkanes of at least 4 members (excludes halogenated alkanes) is 1. The van der Waals surface area contributed by atoms with E-state index >= 15 is 0 Å². The summed E-state index contributed by atoms with van der Waals surface area (Å²) in [6.45, 7) is 9.12. The van der Waals surface area contributed by atoms with E-state index in [1.165, 1.54) is 45.3 Å². The standard InChI is InChI=1S/C13H27N2.Y/c1-12(2)11-15-9-6-13(7-10-15)5-3-4-8-14;/h12-14H,3-11H2,1-2H3;/q-1;. The fourth-order valence-electron chi connectivity index (χ4n) is 2.53. The van der Waals surface area contributed by atoms with Crippen LogP contribution < -0.4 is 0 Å². The number of piperidine rings is 1. The number of rotatable bonds is 6. The van der Waals surface area contributed by atoms with E-state index in [1.807, 2.05) is 0 Å². The predicted molar refractivity (Wildman–Crippen MR) is 67.0 cm³/mol. The maximum atomic E-state index is 7.12. The Kier molecular flexibility index (Phi) is 10.6. The van der Waals surface area contributed by atoms with Crippen LogP contribution >= 0.6 is 0 Å². The molecule has 1 fully saturated rings. The number of hydrogen-bond acceptors (Lipinski definition) is 1. The van der Waals surface area contributed by atoms with Gasteiger partial charge in [0.25, 0.3) is 0 Å². The summed E-state index contributed by atoms with van der Waals surface area (Å²) in [5, 5.41) is 0. The molecule has 0 aromatic rings. The van der Waals surface area contributed by atoms with Crippen LogP contribution in [0.2, 0.25) is 0 Å². The van der Waals surface area contributed by atoms with E-state index in [9.17, 15) is 0 Å². The molecule has 1 rings (SSSR count). The van der Waals surface area contributed by atoms with Crippen molar-refractivity contribution in [2.24, 2.45) is 11.8 Å². The van der Waals surface area contributed by atoms with Gasteiger partial charge in [-0.3, -0.25) is 0 Å². The molecule has 0 aromatic carbocycles. The molecule has 2 nitrogen and oxygen atoms in total. The molecule has 93 valence electrons. The fraction of sp³-hybridized carbons (Fsp3) is 1.00. The molecule has 0 aliphatic carbocycles. The van der Waals surface area contributed by atoms with E-state index < -0.39 is 0 Å². The van der Waals surface area contributed by atoms with Crippen molar-refractivity contribution in [1.82, 2.24) is 4.90 Å². The van der Waals surface area contributed by atoms with Crippen LogP contribution in [0, 0.1) is 11.8 Å². The van der Waals surface area contributed by atoms with Crippen molar-refractivity contribution in [1.29, 1.82) is 0 Å². The minimum Gasteiger partial charge on any atom is -0.677 e. The third-order valence-electron chi connectivity index (χ3n) is 3.37. The Morgan fingerprint density at radius 2 is 1.81 bits per heavy atom. The maximum absolute atomic E-state index is 7.12. The number of likely N-dealkylation sites (tertiary alicyclic amines) is 1. The van der Waals surface area contributed by atoms with Crippen LogP contribution in [0.4, 0.5) is 0 Å². The Labute approximate surface area is 127 Å². The molecular weight excluding hydrogens is 273 g/mol. The first-order chi connectivity index (χ1) is 7.22. The van der Waals surface area contributed by atoms with E-state index in [-0.39, 0.29) is 32.7 Å². The van der Waals surface area contributed by atoms with Gasteiger partial charge in [0.15, 0.2) is 0 Å². The minimum absolute atomic E-state index is 0. The van der Waals surface area contributed by atoms with E-state index in [2.05, 4.69) is 18.7 Å². The monoisotopic (exact) mass is 300 g/mol. The van der Waals surface area contributed by atoms with Crippen LogP contribution in [-0.4, -0.2) is 31.1 Å². The number of nitrogens with zero attached hydrogens (tertiary/aromatic N) is 1. The third kappa shape index (κ3) is 7.37. The van der Waals surface area contributed by atoms with Gasteiger partial charge in [0.1, 0.15) is 0 Å². The SMILES string of the molecule is CC(C)CN1CCC(CCCC[NH-])CC1.[Y]. The van der Waals surface area contributed by atoms with Crippen molar-refractivity contribution in [2.45, 2.75) is 46.0 Å². The normalized spacial score (nSPS) is 18.8. The second kappa shape index (κ2) is 9.99. The Hall–Kier alpha value is 1.02. The average molecular weight is 300 g/mol. The van der Waals surface area contributed by atoms with Gasteiger partial charge in [0.2, 0.25) is 0 Å². The maximum Gasteiger partial charge on any atom is 0.000439 e. The summed E-state index contributed by atoms with van der Waals surface area (Å²) in [7, 11) is 0. The molecule has 0 spiro atoms. The van der Waals surface area contributed by atoms with Crippen LogP contribution in [0.15, 0.2) is 0 Å². The van der Waals surface area contributed by atoms with Crippen LogP contribution in [0.5, 0.6) is 0 Å². The molecule has 1 aliphatic heterocycles. The molecule has 1 saturated heterocycles. The zero-order chi connectivity index (χ0) is 11.1. The van der Waals surface area contributed by atoms with Gasteiger partial charge in [-0.15, -0.1) is 0 Å². The summed E-state index contributed by atoms with van der Waals surface area (Å²) in [6.07, 6.45) is 6.54.